The van der Waals surface area contributed by atoms with E-state index in [1.54, 1.807) is 37.0 Å². The number of anilines is 1. The van der Waals surface area contributed by atoms with E-state index in [2.05, 4.69) is 31.0 Å². The first-order chi connectivity index (χ1) is 14.3. The van der Waals surface area contributed by atoms with Gasteiger partial charge in [0, 0.05) is 35.6 Å². The Labute approximate surface area is 166 Å². The lowest BCUT2D eigenvalue weighted by atomic mass is 10.2. The van der Waals surface area contributed by atoms with Gasteiger partial charge >= 0.3 is 0 Å². The summed E-state index contributed by atoms with van der Waals surface area (Å²) in [4.78, 5) is 20.8. The third-order valence-electron chi connectivity index (χ3n) is 4.28. The molecule has 0 bridgehead atoms. The molecule has 144 valence electrons. The number of hydrogen-bond donors (Lipinski definition) is 2. The van der Waals surface area contributed by atoms with Gasteiger partial charge in [0.25, 0.3) is 5.91 Å². The molecule has 3 heterocycles. The predicted molar refractivity (Wildman–Crippen MR) is 108 cm³/mol. The van der Waals surface area contributed by atoms with Crippen LogP contribution in [0.2, 0.25) is 0 Å². The second-order valence-corrected chi connectivity index (χ2v) is 6.18. The Morgan fingerprint density at radius 1 is 1.10 bits per heavy atom. The number of carbonyl (C=O) groups excluding carboxylic acids is 1. The highest BCUT2D eigenvalue weighted by atomic mass is 16.5. The van der Waals surface area contributed by atoms with Crippen LogP contribution in [-0.2, 0) is 11.3 Å². The third-order valence-corrected chi connectivity index (χ3v) is 4.28. The van der Waals surface area contributed by atoms with Crippen LogP contribution in [0.25, 0.3) is 12.3 Å². The Morgan fingerprint density at radius 3 is 2.90 bits per heavy atom. The molecule has 0 aliphatic carbocycles. The van der Waals surface area contributed by atoms with Gasteiger partial charge in [-0.25, -0.2) is 10.4 Å². The zero-order chi connectivity index (χ0) is 19.9. The molecule has 0 fully saturated rings. The smallest absolute Gasteiger partial charge is 0.276 e. The van der Waals surface area contributed by atoms with E-state index >= 15 is 0 Å². The highest BCUT2D eigenvalue weighted by Crippen LogP contribution is 2.13. The summed E-state index contributed by atoms with van der Waals surface area (Å²) in [5.74, 6) is 0.0666. The molecule has 4 rings (SSSR count). The summed E-state index contributed by atoms with van der Waals surface area (Å²) in [6.45, 7) is 1.000. The first-order valence-electron chi connectivity index (χ1n) is 9.01. The largest absolute Gasteiger partial charge is 0.496 e. The minimum atomic E-state index is -0.400. The number of aromatic nitrogens is 2. The van der Waals surface area contributed by atoms with E-state index in [9.17, 15) is 4.79 Å². The van der Waals surface area contributed by atoms with Crippen molar-refractivity contribution in [2.45, 2.75) is 6.54 Å². The van der Waals surface area contributed by atoms with Gasteiger partial charge in [0.15, 0.2) is 0 Å². The summed E-state index contributed by atoms with van der Waals surface area (Å²) in [6.07, 6.45) is 8.66. The number of benzene rings is 1. The first kappa shape index (κ1) is 18.3. The molecule has 0 radical (unpaired) electrons. The second-order valence-electron chi connectivity index (χ2n) is 6.18. The molecule has 2 aromatic heterocycles. The van der Waals surface area contributed by atoms with Crippen molar-refractivity contribution < 1.29 is 9.53 Å². The zero-order valence-electron chi connectivity index (χ0n) is 15.4. The van der Waals surface area contributed by atoms with E-state index in [0.29, 0.717) is 30.2 Å². The molecular formula is C21H18N6O2. The fourth-order valence-corrected chi connectivity index (χ4v) is 2.85. The molecule has 1 amide bonds. The van der Waals surface area contributed by atoms with Gasteiger partial charge in [-0.15, -0.1) is 5.11 Å². The Bertz CT molecular complexity index is 1160. The molecule has 1 aliphatic rings. The topological polar surface area (TPSA) is 101 Å². The van der Waals surface area contributed by atoms with E-state index in [0.717, 1.165) is 16.0 Å². The molecule has 0 unspecified atom stereocenters. The Balaban J connectivity index is 1.46. The lowest BCUT2D eigenvalue weighted by Crippen LogP contribution is -2.28. The maximum atomic E-state index is 12.6. The highest BCUT2D eigenvalue weighted by molar-refractivity contribution is 5.98. The number of ether oxygens (including phenoxy) is 1. The van der Waals surface area contributed by atoms with Crippen LogP contribution in [0, 0.1) is 0 Å². The predicted octanol–water partition coefficient (Wildman–Crippen LogP) is 2.07. The van der Waals surface area contributed by atoms with Gasteiger partial charge in [0.1, 0.15) is 12.4 Å². The van der Waals surface area contributed by atoms with Gasteiger partial charge in [-0.2, -0.15) is 0 Å². The first-order valence-corrected chi connectivity index (χ1v) is 9.01. The molecule has 0 spiro atoms. The Morgan fingerprint density at radius 2 is 2.00 bits per heavy atom. The van der Waals surface area contributed by atoms with Crippen LogP contribution in [0.5, 0.6) is 0 Å². The van der Waals surface area contributed by atoms with E-state index in [1.165, 1.54) is 0 Å². The SMILES string of the molecule is O=C(NN=Nc1cccc2c1=CCOC=2)c1cccnc1NCc1ccncc1. The number of nitrogens with zero attached hydrogens (tertiary/aromatic N) is 4. The summed E-state index contributed by atoms with van der Waals surface area (Å²) in [7, 11) is 0. The summed E-state index contributed by atoms with van der Waals surface area (Å²) < 4.78 is 5.28. The van der Waals surface area contributed by atoms with Crippen LogP contribution < -0.4 is 21.2 Å². The minimum absolute atomic E-state index is 0.379. The maximum absolute atomic E-state index is 12.6. The molecule has 1 aromatic carbocycles. The number of fused-ring (bicyclic) bond motifs is 1. The van der Waals surface area contributed by atoms with Crippen LogP contribution >= 0.6 is 0 Å². The highest BCUT2D eigenvalue weighted by Gasteiger charge is 2.11. The third kappa shape index (κ3) is 4.44. The fraction of sp³-hybridized carbons (Fsp3) is 0.0952. The van der Waals surface area contributed by atoms with E-state index < -0.39 is 5.91 Å². The normalized spacial score (nSPS) is 12.3. The number of nitrogens with one attached hydrogen (secondary N) is 2. The van der Waals surface area contributed by atoms with Crippen LogP contribution in [-0.4, -0.2) is 22.5 Å². The number of pyridine rings is 2. The summed E-state index contributed by atoms with van der Waals surface area (Å²) >= 11 is 0. The lowest BCUT2D eigenvalue weighted by molar-refractivity contribution is 0.0952. The van der Waals surface area contributed by atoms with Gasteiger partial charge in [-0.1, -0.05) is 17.4 Å². The molecule has 2 N–H and O–H groups in total. The van der Waals surface area contributed by atoms with Gasteiger partial charge in [-0.3, -0.25) is 9.78 Å². The number of rotatable bonds is 6. The monoisotopic (exact) mass is 386 g/mol. The summed E-state index contributed by atoms with van der Waals surface area (Å²) in [6, 6.07) is 12.8. The van der Waals surface area contributed by atoms with E-state index in [1.807, 2.05) is 36.4 Å². The second kappa shape index (κ2) is 8.75. The minimum Gasteiger partial charge on any atom is -0.496 e. The average Bonchev–Trinajstić information content (AvgIpc) is 2.78. The average molecular weight is 386 g/mol. The van der Waals surface area contributed by atoms with Crippen molar-refractivity contribution in [1.82, 2.24) is 15.4 Å². The van der Waals surface area contributed by atoms with Crippen LogP contribution in [0.4, 0.5) is 11.5 Å². The molecule has 0 saturated carbocycles. The van der Waals surface area contributed by atoms with Gasteiger partial charge in [0.05, 0.1) is 17.5 Å². The van der Waals surface area contributed by atoms with E-state index in [-0.39, 0.29) is 0 Å². The summed E-state index contributed by atoms with van der Waals surface area (Å²) in [5.41, 5.74) is 4.53. The van der Waals surface area contributed by atoms with Crippen LogP contribution in [0.1, 0.15) is 15.9 Å². The number of carbonyl (C=O) groups is 1. The van der Waals surface area contributed by atoms with Crippen molar-refractivity contribution in [3.05, 3.63) is 82.6 Å². The Hall–Kier alpha value is -4.07. The van der Waals surface area contributed by atoms with Gasteiger partial charge < -0.3 is 10.1 Å². The van der Waals surface area contributed by atoms with Gasteiger partial charge in [-0.05, 0) is 42.0 Å². The molecule has 29 heavy (non-hydrogen) atoms. The van der Waals surface area contributed by atoms with Crippen LogP contribution in [0.15, 0.2) is 71.4 Å². The molecule has 8 heteroatoms. The van der Waals surface area contributed by atoms with Crippen molar-refractivity contribution in [2.75, 3.05) is 11.9 Å². The summed E-state index contributed by atoms with van der Waals surface area (Å²) in [5, 5.41) is 13.0. The lowest BCUT2D eigenvalue weighted by Gasteiger charge is -2.09. The standard InChI is InChI=1S/C21H18N6O2/c28-21(26-27-25-19-5-1-3-16-14-29-12-8-17(16)19)18-4-2-9-23-20(18)24-13-15-6-10-22-11-7-15/h1-11,14H,12-13H2,(H,23,24)(H,25,26,28). The van der Waals surface area contributed by atoms with Crippen molar-refractivity contribution in [3.63, 3.8) is 0 Å². The van der Waals surface area contributed by atoms with Crippen molar-refractivity contribution >= 4 is 29.8 Å². The van der Waals surface area contributed by atoms with Gasteiger partial charge in [0.2, 0.25) is 0 Å². The zero-order valence-corrected chi connectivity index (χ0v) is 15.4. The van der Waals surface area contributed by atoms with E-state index in [4.69, 9.17) is 4.74 Å². The molecule has 0 saturated heterocycles. The van der Waals surface area contributed by atoms with Crippen molar-refractivity contribution in [3.8, 4) is 0 Å². The fourth-order valence-electron chi connectivity index (χ4n) is 2.85. The van der Waals surface area contributed by atoms with Crippen LogP contribution in [0.3, 0.4) is 0 Å². The Kier molecular flexibility index (Phi) is 5.52. The molecule has 1 aliphatic heterocycles. The molecule has 8 nitrogen and oxygen atoms in total. The van der Waals surface area contributed by atoms with Crippen molar-refractivity contribution in [1.29, 1.82) is 0 Å². The molecular weight excluding hydrogens is 368 g/mol. The maximum Gasteiger partial charge on any atom is 0.276 e. The van der Waals surface area contributed by atoms with Crippen molar-refractivity contribution in [2.24, 2.45) is 10.3 Å². The number of hydrogen-bond acceptors (Lipinski definition) is 7. The quantitative estimate of drug-likeness (QED) is 0.499. The number of amides is 1. The molecule has 0 atom stereocenters. The molecule has 3 aromatic rings.